The monoisotopic (exact) mass is 654 g/mol. The SMILES string of the molecule is CCc1ncc(-c2ccc3ncnc(N4CCN(C(=O)/C=C/C(C)=O)CC4)c3c2)cc1NS(=O)(=O)c1cccc2cccc(Cl)c12. The van der Waals surface area contributed by atoms with Crippen LogP contribution in [0.25, 0.3) is 32.8 Å². The summed E-state index contributed by atoms with van der Waals surface area (Å²) in [4.78, 5) is 41.3. The van der Waals surface area contributed by atoms with Gasteiger partial charge in [0.15, 0.2) is 5.78 Å². The van der Waals surface area contributed by atoms with Gasteiger partial charge >= 0.3 is 0 Å². The third-order valence-electron chi connectivity index (χ3n) is 7.95. The van der Waals surface area contributed by atoms with Crippen LogP contribution in [0.2, 0.25) is 5.02 Å². The van der Waals surface area contributed by atoms with E-state index in [2.05, 4.69) is 24.6 Å². The third kappa shape index (κ3) is 6.29. The van der Waals surface area contributed by atoms with Gasteiger partial charge in [0, 0.05) is 59.8 Å². The Morgan fingerprint density at radius 3 is 2.43 bits per heavy atom. The Bertz CT molecular complexity index is 2120. The predicted molar refractivity (Wildman–Crippen MR) is 181 cm³/mol. The fraction of sp³-hybridized carbons (Fsp3) is 0.206. The van der Waals surface area contributed by atoms with E-state index in [0.717, 1.165) is 33.2 Å². The molecule has 0 aliphatic carbocycles. The molecule has 5 aromatic rings. The van der Waals surface area contributed by atoms with Crippen molar-refractivity contribution in [3.63, 3.8) is 0 Å². The minimum Gasteiger partial charge on any atom is -0.352 e. The molecular weight excluding hydrogens is 624 g/mol. The minimum atomic E-state index is -4.02. The molecule has 1 aliphatic rings. The maximum atomic E-state index is 13.7. The van der Waals surface area contributed by atoms with Crippen molar-refractivity contribution >= 4 is 66.5 Å². The molecule has 3 heterocycles. The molecule has 0 atom stereocenters. The molecule has 6 rings (SSSR count). The molecule has 46 heavy (non-hydrogen) atoms. The number of halogens is 1. The highest BCUT2D eigenvalue weighted by atomic mass is 35.5. The molecule has 1 fully saturated rings. The number of amides is 1. The molecule has 10 nitrogen and oxygen atoms in total. The number of carbonyl (C=O) groups is 2. The van der Waals surface area contributed by atoms with Gasteiger partial charge in [0.2, 0.25) is 5.91 Å². The molecule has 1 aliphatic heterocycles. The van der Waals surface area contributed by atoms with Gasteiger partial charge in [0.05, 0.1) is 21.8 Å². The molecule has 2 aromatic heterocycles. The van der Waals surface area contributed by atoms with Crippen molar-refractivity contribution in [1.29, 1.82) is 0 Å². The van der Waals surface area contributed by atoms with E-state index in [0.29, 0.717) is 54.4 Å². The van der Waals surface area contributed by atoms with E-state index in [4.69, 9.17) is 11.6 Å². The Kier molecular flexibility index (Phi) is 8.70. The van der Waals surface area contributed by atoms with Crippen LogP contribution in [0.1, 0.15) is 19.5 Å². The number of nitrogens with zero attached hydrogens (tertiary/aromatic N) is 5. The summed E-state index contributed by atoms with van der Waals surface area (Å²) in [7, 11) is -4.02. The third-order valence-corrected chi connectivity index (χ3v) is 9.68. The van der Waals surface area contributed by atoms with Gasteiger partial charge in [-0.25, -0.2) is 18.4 Å². The molecule has 234 valence electrons. The number of rotatable bonds is 8. The average molecular weight is 655 g/mol. The first-order valence-corrected chi connectivity index (χ1v) is 16.7. The van der Waals surface area contributed by atoms with E-state index in [1.165, 1.54) is 25.4 Å². The number of hydrogen-bond donors (Lipinski definition) is 1. The summed E-state index contributed by atoms with van der Waals surface area (Å²) < 4.78 is 30.3. The van der Waals surface area contributed by atoms with Crippen molar-refractivity contribution in [2.45, 2.75) is 25.2 Å². The van der Waals surface area contributed by atoms with Crippen LogP contribution in [0.5, 0.6) is 0 Å². The van der Waals surface area contributed by atoms with Crippen molar-refractivity contribution < 1.29 is 18.0 Å². The molecule has 0 bridgehead atoms. The Balaban J connectivity index is 1.31. The fourth-order valence-electron chi connectivity index (χ4n) is 5.61. The van der Waals surface area contributed by atoms with Gasteiger partial charge in [-0.3, -0.25) is 19.3 Å². The van der Waals surface area contributed by atoms with Crippen LogP contribution in [-0.4, -0.2) is 66.1 Å². The number of carbonyl (C=O) groups excluding carboxylic acids is 2. The van der Waals surface area contributed by atoms with Crippen molar-refractivity contribution in [3.8, 4) is 11.1 Å². The molecular formula is C34H31ClN6O4S. The quantitative estimate of drug-likeness (QED) is 0.213. The summed E-state index contributed by atoms with van der Waals surface area (Å²) in [6, 6.07) is 17.9. The fourth-order valence-corrected chi connectivity index (χ4v) is 7.28. The topological polar surface area (TPSA) is 125 Å². The van der Waals surface area contributed by atoms with Crippen LogP contribution < -0.4 is 9.62 Å². The highest BCUT2D eigenvalue weighted by molar-refractivity contribution is 7.93. The van der Waals surface area contributed by atoms with Crippen LogP contribution in [0.4, 0.5) is 11.5 Å². The largest absolute Gasteiger partial charge is 0.352 e. The van der Waals surface area contributed by atoms with E-state index in [1.807, 2.05) is 37.3 Å². The summed E-state index contributed by atoms with van der Waals surface area (Å²) in [6.45, 7) is 5.42. The van der Waals surface area contributed by atoms with Gasteiger partial charge in [-0.2, -0.15) is 0 Å². The average Bonchev–Trinajstić information content (AvgIpc) is 3.06. The first kappa shape index (κ1) is 31.1. The summed E-state index contributed by atoms with van der Waals surface area (Å²) in [5.74, 6) is 0.377. The van der Waals surface area contributed by atoms with Gasteiger partial charge in [0.25, 0.3) is 10.0 Å². The molecule has 1 amide bonds. The molecule has 0 spiro atoms. The number of piperazine rings is 1. The lowest BCUT2D eigenvalue weighted by molar-refractivity contribution is -0.126. The Morgan fingerprint density at radius 2 is 1.70 bits per heavy atom. The predicted octanol–water partition coefficient (Wildman–Crippen LogP) is 5.66. The zero-order chi connectivity index (χ0) is 32.4. The second-order valence-electron chi connectivity index (χ2n) is 11.0. The van der Waals surface area contributed by atoms with Crippen LogP contribution in [-0.2, 0) is 26.0 Å². The lowest BCUT2D eigenvalue weighted by Crippen LogP contribution is -2.48. The van der Waals surface area contributed by atoms with E-state index >= 15 is 0 Å². The first-order chi connectivity index (χ1) is 22.1. The number of fused-ring (bicyclic) bond motifs is 2. The zero-order valence-corrected chi connectivity index (χ0v) is 26.8. The highest BCUT2D eigenvalue weighted by Crippen LogP contribution is 2.34. The number of aromatic nitrogens is 3. The highest BCUT2D eigenvalue weighted by Gasteiger charge is 2.24. The van der Waals surface area contributed by atoms with Crippen molar-refractivity contribution in [1.82, 2.24) is 19.9 Å². The number of benzene rings is 3. The number of nitrogens with one attached hydrogen (secondary N) is 1. The number of ketones is 1. The van der Waals surface area contributed by atoms with Crippen molar-refractivity contribution in [2.24, 2.45) is 0 Å². The second kappa shape index (κ2) is 12.9. The van der Waals surface area contributed by atoms with E-state index in [9.17, 15) is 18.0 Å². The maximum Gasteiger partial charge on any atom is 0.262 e. The second-order valence-corrected chi connectivity index (χ2v) is 13.0. The number of sulfonamides is 1. The molecule has 0 radical (unpaired) electrons. The van der Waals surface area contributed by atoms with E-state index in [-0.39, 0.29) is 16.6 Å². The molecule has 0 saturated carbocycles. The number of hydrogen-bond acceptors (Lipinski definition) is 8. The summed E-state index contributed by atoms with van der Waals surface area (Å²) >= 11 is 6.45. The molecule has 3 aromatic carbocycles. The molecule has 12 heteroatoms. The normalized spacial score (nSPS) is 13.9. The lowest BCUT2D eigenvalue weighted by Gasteiger charge is -2.35. The van der Waals surface area contributed by atoms with Crippen LogP contribution in [0, 0.1) is 0 Å². The molecule has 1 N–H and O–H groups in total. The van der Waals surface area contributed by atoms with Crippen LogP contribution in [0.15, 0.2) is 90.2 Å². The van der Waals surface area contributed by atoms with Gasteiger partial charge in [-0.1, -0.05) is 48.9 Å². The number of pyridine rings is 1. The summed E-state index contributed by atoms with van der Waals surface area (Å²) in [5.41, 5.74) is 3.27. The lowest BCUT2D eigenvalue weighted by atomic mass is 10.0. The van der Waals surface area contributed by atoms with Gasteiger partial charge in [-0.05, 0) is 60.7 Å². The van der Waals surface area contributed by atoms with Crippen molar-refractivity contribution in [2.75, 3.05) is 35.8 Å². The Hall–Kier alpha value is -4.87. The van der Waals surface area contributed by atoms with Crippen LogP contribution >= 0.6 is 11.6 Å². The maximum absolute atomic E-state index is 13.7. The Morgan fingerprint density at radius 1 is 0.935 bits per heavy atom. The van der Waals surface area contributed by atoms with Gasteiger partial charge < -0.3 is 9.80 Å². The zero-order valence-electron chi connectivity index (χ0n) is 25.3. The number of allylic oxidation sites excluding steroid dienone is 1. The summed E-state index contributed by atoms with van der Waals surface area (Å²) in [6.07, 6.45) is 6.37. The van der Waals surface area contributed by atoms with E-state index < -0.39 is 10.0 Å². The Labute approximate surface area is 271 Å². The van der Waals surface area contributed by atoms with Gasteiger partial charge in [-0.15, -0.1) is 0 Å². The van der Waals surface area contributed by atoms with Crippen molar-refractivity contribution in [3.05, 3.63) is 96.1 Å². The molecule has 1 saturated heterocycles. The van der Waals surface area contributed by atoms with Gasteiger partial charge in [0.1, 0.15) is 12.1 Å². The number of aryl methyl sites for hydroxylation is 1. The standard InChI is InChI=1S/C34H31ClN6O4S/c1-3-28-30(39-46(44,45)31-9-5-7-23-6-4-8-27(35)33(23)31)19-25(20-36-28)24-11-12-29-26(18-24)34(38-21-37-29)41-16-14-40(15-17-41)32(43)13-10-22(2)42/h4-13,18-21,39H,3,14-17H2,1-2H3/b13-10+. The minimum absolute atomic E-state index is 0.0900. The summed E-state index contributed by atoms with van der Waals surface area (Å²) in [5, 5.41) is 2.36. The van der Waals surface area contributed by atoms with Crippen LogP contribution in [0.3, 0.4) is 0 Å². The first-order valence-electron chi connectivity index (χ1n) is 14.8. The smallest absolute Gasteiger partial charge is 0.262 e. The molecule has 0 unspecified atom stereocenters. The van der Waals surface area contributed by atoms with E-state index in [1.54, 1.807) is 41.4 Å². The number of anilines is 2.